The summed E-state index contributed by atoms with van der Waals surface area (Å²) in [4.78, 5) is 30.1. The van der Waals surface area contributed by atoms with Gasteiger partial charge in [0.2, 0.25) is 5.91 Å². The van der Waals surface area contributed by atoms with Crippen molar-refractivity contribution in [1.82, 2.24) is 9.88 Å². The second kappa shape index (κ2) is 7.54. The van der Waals surface area contributed by atoms with E-state index in [1.807, 2.05) is 24.4 Å². The van der Waals surface area contributed by atoms with Crippen LogP contribution in [0, 0.1) is 5.92 Å². The van der Waals surface area contributed by atoms with E-state index in [1.54, 1.807) is 12.1 Å². The van der Waals surface area contributed by atoms with E-state index >= 15 is 0 Å². The molecule has 0 spiro atoms. The number of carboxylic acids is 1. The van der Waals surface area contributed by atoms with E-state index in [9.17, 15) is 14.7 Å². The van der Waals surface area contributed by atoms with Gasteiger partial charge in [-0.05, 0) is 30.9 Å². The van der Waals surface area contributed by atoms with Crippen LogP contribution in [0.25, 0.3) is 10.6 Å². The van der Waals surface area contributed by atoms with Crippen LogP contribution < -0.4 is 0 Å². The van der Waals surface area contributed by atoms with Gasteiger partial charge < -0.3 is 10.0 Å². The van der Waals surface area contributed by atoms with E-state index in [4.69, 9.17) is 11.6 Å². The molecule has 3 rings (SSSR count). The van der Waals surface area contributed by atoms with Gasteiger partial charge in [-0.1, -0.05) is 30.7 Å². The molecule has 1 N–H and O–H groups in total. The van der Waals surface area contributed by atoms with Crippen molar-refractivity contribution in [3.05, 3.63) is 40.4 Å². The maximum atomic E-state index is 12.6. The summed E-state index contributed by atoms with van der Waals surface area (Å²) in [7, 11) is 0. The minimum absolute atomic E-state index is 0.127. The third-order valence-corrected chi connectivity index (χ3v) is 5.64. The van der Waals surface area contributed by atoms with Gasteiger partial charge in [-0.15, -0.1) is 11.3 Å². The molecule has 2 aromatic rings. The number of rotatable bonds is 4. The maximum absolute atomic E-state index is 12.6. The number of hydrogen-bond acceptors (Lipinski definition) is 4. The lowest BCUT2D eigenvalue weighted by molar-refractivity contribution is -0.152. The smallest absolute Gasteiger partial charge is 0.326 e. The van der Waals surface area contributed by atoms with Gasteiger partial charge in [0, 0.05) is 22.5 Å². The summed E-state index contributed by atoms with van der Waals surface area (Å²) in [6.07, 6.45) is 1.47. The van der Waals surface area contributed by atoms with Crippen LogP contribution in [0.5, 0.6) is 0 Å². The zero-order valence-electron chi connectivity index (χ0n) is 13.8. The molecule has 7 heteroatoms. The molecule has 1 amide bonds. The fourth-order valence-electron chi connectivity index (χ4n) is 3.04. The second-order valence-electron chi connectivity index (χ2n) is 6.40. The molecule has 25 heavy (non-hydrogen) atoms. The van der Waals surface area contributed by atoms with Crippen LogP contribution in [0.4, 0.5) is 0 Å². The Bertz CT molecular complexity index is 775. The Balaban J connectivity index is 1.70. The molecule has 0 radical (unpaired) electrons. The molecule has 1 saturated heterocycles. The molecule has 1 aliphatic rings. The molecule has 2 unspecified atom stereocenters. The molecular weight excluding hydrogens is 360 g/mol. The SMILES string of the molecule is CC1CCN(C(=O)Cc2csc(-c3ccc(Cl)cc3)n2)C(C(=O)O)C1. The Morgan fingerprint density at radius 3 is 2.76 bits per heavy atom. The predicted molar refractivity (Wildman–Crippen MR) is 97.8 cm³/mol. The van der Waals surface area contributed by atoms with Crippen molar-refractivity contribution in [2.75, 3.05) is 6.54 Å². The summed E-state index contributed by atoms with van der Waals surface area (Å²) in [6.45, 7) is 2.52. The van der Waals surface area contributed by atoms with E-state index in [-0.39, 0.29) is 12.3 Å². The van der Waals surface area contributed by atoms with Crippen LogP contribution in [0.3, 0.4) is 0 Å². The number of thiazole rings is 1. The fraction of sp³-hybridized carbons (Fsp3) is 0.389. The van der Waals surface area contributed by atoms with E-state index in [0.717, 1.165) is 17.0 Å². The van der Waals surface area contributed by atoms with Gasteiger partial charge in [-0.25, -0.2) is 9.78 Å². The topological polar surface area (TPSA) is 70.5 Å². The molecule has 1 fully saturated rings. The highest BCUT2D eigenvalue weighted by atomic mass is 35.5. The standard InChI is InChI=1S/C18H19ClN2O3S/c1-11-6-7-21(15(8-11)18(23)24)16(22)9-14-10-25-17(20-14)12-2-4-13(19)5-3-12/h2-5,10-11,15H,6-9H2,1H3,(H,23,24). The van der Waals surface area contributed by atoms with Gasteiger partial charge >= 0.3 is 5.97 Å². The van der Waals surface area contributed by atoms with Crippen LogP contribution in [0.2, 0.25) is 5.02 Å². The lowest BCUT2D eigenvalue weighted by Crippen LogP contribution is -2.50. The number of hydrogen-bond donors (Lipinski definition) is 1. The highest BCUT2D eigenvalue weighted by Crippen LogP contribution is 2.27. The zero-order valence-corrected chi connectivity index (χ0v) is 15.4. The average molecular weight is 379 g/mol. The van der Waals surface area contributed by atoms with E-state index < -0.39 is 12.0 Å². The molecule has 0 bridgehead atoms. The number of aliphatic carboxylic acids is 1. The Kier molecular flexibility index (Phi) is 5.39. The summed E-state index contributed by atoms with van der Waals surface area (Å²) in [5.74, 6) is -0.784. The van der Waals surface area contributed by atoms with Gasteiger partial charge in [0.05, 0.1) is 12.1 Å². The predicted octanol–water partition coefficient (Wildman–Crippen LogP) is 3.72. The van der Waals surface area contributed by atoms with Crippen molar-refractivity contribution in [2.45, 2.75) is 32.2 Å². The summed E-state index contributed by atoms with van der Waals surface area (Å²) in [5, 5.41) is 12.7. The monoisotopic (exact) mass is 378 g/mol. The van der Waals surface area contributed by atoms with Crippen LogP contribution in [0.15, 0.2) is 29.6 Å². The highest BCUT2D eigenvalue weighted by Gasteiger charge is 2.34. The molecular formula is C18H19ClN2O3S. The maximum Gasteiger partial charge on any atom is 0.326 e. The number of aromatic nitrogens is 1. The van der Waals surface area contributed by atoms with E-state index in [0.29, 0.717) is 29.6 Å². The Morgan fingerprint density at radius 1 is 1.36 bits per heavy atom. The van der Waals surface area contributed by atoms with Gasteiger partial charge in [0.25, 0.3) is 0 Å². The number of carbonyl (C=O) groups is 2. The van der Waals surface area contributed by atoms with Gasteiger partial charge in [0.1, 0.15) is 11.0 Å². The minimum Gasteiger partial charge on any atom is -0.480 e. The van der Waals surface area contributed by atoms with Gasteiger partial charge in [-0.3, -0.25) is 4.79 Å². The van der Waals surface area contributed by atoms with Gasteiger partial charge in [0.15, 0.2) is 0 Å². The van der Waals surface area contributed by atoms with Crippen LogP contribution in [-0.4, -0.2) is 39.5 Å². The second-order valence-corrected chi connectivity index (χ2v) is 7.69. The number of benzene rings is 1. The molecule has 1 aromatic carbocycles. The normalized spacial score (nSPS) is 20.5. The van der Waals surface area contributed by atoms with E-state index in [2.05, 4.69) is 4.98 Å². The van der Waals surface area contributed by atoms with Crippen molar-refractivity contribution >= 4 is 34.8 Å². The number of piperidine rings is 1. The van der Waals surface area contributed by atoms with Crippen molar-refractivity contribution < 1.29 is 14.7 Å². The number of carbonyl (C=O) groups excluding carboxylic acids is 1. The number of carboxylic acid groups (broad SMARTS) is 1. The minimum atomic E-state index is -0.931. The summed E-state index contributed by atoms with van der Waals surface area (Å²) in [6, 6.07) is 6.65. The number of halogens is 1. The molecule has 0 aliphatic carbocycles. The van der Waals surface area contributed by atoms with Gasteiger partial charge in [-0.2, -0.15) is 0 Å². The highest BCUT2D eigenvalue weighted by molar-refractivity contribution is 7.13. The Morgan fingerprint density at radius 2 is 2.08 bits per heavy atom. The molecule has 0 saturated carbocycles. The molecule has 1 aromatic heterocycles. The first-order valence-electron chi connectivity index (χ1n) is 8.16. The lowest BCUT2D eigenvalue weighted by atomic mass is 9.92. The lowest BCUT2D eigenvalue weighted by Gasteiger charge is -2.35. The van der Waals surface area contributed by atoms with Crippen molar-refractivity contribution in [3.63, 3.8) is 0 Å². The third-order valence-electron chi connectivity index (χ3n) is 4.45. The molecule has 5 nitrogen and oxygen atoms in total. The molecule has 1 aliphatic heterocycles. The molecule has 2 atom stereocenters. The van der Waals surface area contributed by atoms with E-state index in [1.165, 1.54) is 16.2 Å². The van der Waals surface area contributed by atoms with Crippen molar-refractivity contribution in [2.24, 2.45) is 5.92 Å². The summed E-state index contributed by atoms with van der Waals surface area (Å²) < 4.78 is 0. The first-order chi connectivity index (χ1) is 11.9. The number of amides is 1. The molecule has 2 heterocycles. The first kappa shape index (κ1) is 17.9. The summed E-state index contributed by atoms with van der Waals surface area (Å²) >= 11 is 7.36. The summed E-state index contributed by atoms with van der Waals surface area (Å²) in [5.41, 5.74) is 1.62. The largest absolute Gasteiger partial charge is 0.480 e. The van der Waals surface area contributed by atoms with Crippen LogP contribution in [-0.2, 0) is 16.0 Å². The third kappa shape index (κ3) is 4.19. The van der Waals surface area contributed by atoms with Crippen LogP contribution in [0.1, 0.15) is 25.5 Å². The Hall–Kier alpha value is -1.92. The first-order valence-corrected chi connectivity index (χ1v) is 9.42. The zero-order chi connectivity index (χ0) is 18.0. The molecule has 132 valence electrons. The quantitative estimate of drug-likeness (QED) is 0.880. The number of likely N-dealkylation sites (tertiary alicyclic amines) is 1. The van der Waals surface area contributed by atoms with Crippen LogP contribution >= 0.6 is 22.9 Å². The average Bonchev–Trinajstić information content (AvgIpc) is 3.03. The number of nitrogens with zero attached hydrogens (tertiary/aromatic N) is 2. The van der Waals surface area contributed by atoms with Crippen molar-refractivity contribution in [3.8, 4) is 10.6 Å². The fourth-order valence-corrected chi connectivity index (χ4v) is 4.00. The van der Waals surface area contributed by atoms with Crippen molar-refractivity contribution in [1.29, 1.82) is 0 Å². The Labute approximate surface area is 155 Å².